The number of aliphatic hydroxyl groups is 2. The highest BCUT2D eigenvalue weighted by Gasteiger charge is 2.42. The summed E-state index contributed by atoms with van der Waals surface area (Å²) in [5.74, 6) is -0.343. The van der Waals surface area contributed by atoms with E-state index in [2.05, 4.69) is 9.88 Å². The normalized spacial score (nSPS) is 23.7. The summed E-state index contributed by atoms with van der Waals surface area (Å²) >= 11 is 0. The van der Waals surface area contributed by atoms with E-state index in [0.29, 0.717) is 37.9 Å². The molecule has 4 rings (SSSR count). The van der Waals surface area contributed by atoms with E-state index < -0.39 is 17.6 Å². The molecule has 1 spiro atoms. The van der Waals surface area contributed by atoms with Crippen molar-refractivity contribution in [3.05, 3.63) is 65.0 Å². The van der Waals surface area contributed by atoms with E-state index >= 15 is 0 Å². The zero-order valence-electron chi connectivity index (χ0n) is 22.6. The third-order valence-corrected chi connectivity index (χ3v) is 8.38. The van der Waals surface area contributed by atoms with Crippen LogP contribution in [0.25, 0.3) is 0 Å². The number of amides is 1. The zero-order chi connectivity index (χ0) is 27.1. The molecule has 0 radical (unpaired) electrons. The molecule has 2 aliphatic rings. The summed E-state index contributed by atoms with van der Waals surface area (Å²) in [5.41, 5.74) is 3.26. The minimum Gasteiger partial charge on any atom is -0.462 e. The number of aryl methyl sites for hydroxylation is 1. The summed E-state index contributed by atoms with van der Waals surface area (Å²) in [7, 11) is 0. The molecule has 1 aromatic carbocycles. The number of benzene rings is 1. The third kappa shape index (κ3) is 6.79. The van der Waals surface area contributed by atoms with Crippen molar-refractivity contribution >= 4 is 11.9 Å². The summed E-state index contributed by atoms with van der Waals surface area (Å²) in [4.78, 5) is 35.0. The Morgan fingerprint density at radius 3 is 2.47 bits per heavy atom. The summed E-state index contributed by atoms with van der Waals surface area (Å²) in [6.07, 6.45) is 5.11. The zero-order valence-corrected chi connectivity index (χ0v) is 22.6. The molecular formula is C30H41N3O5. The number of nitrogens with zero attached hydrogens (tertiary/aromatic N) is 3. The lowest BCUT2D eigenvalue weighted by molar-refractivity contribution is -0.165. The second-order valence-electron chi connectivity index (χ2n) is 10.9. The highest BCUT2D eigenvalue weighted by Crippen LogP contribution is 2.38. The molecule has 2 aliphatic heterocycles. The van der Waals surface area contributed by atoms with Crippen molar-refractivity contribution in [1.29, 1.82) is 0 Å². The maximum atomic E-state index is 13.5. The van der Waals surface area contributed by atoms with Gasteiger partial charge in [-0.15, -0.1) is 0 Å². The van der Waals surface area contributed by atoms with E-state index in [4.69, 9.17) is 4.74 Å². The van der Waals surface area contributed by atoms with E-state index in [1.807, 2.05) is 44.2 Å². The predicted molar refractivity (Wildman–Crippen MR) is 144 cm³/mol. The third-order valence-electron chi connectivity index (χ3n) is 8.38. The van der Waals surface area contributed by atoms with Gasteiger partial charge in [0, 0.05) is 37.6 Å². The van der Waals surface area contributed by atoms with Crippen LogP contribution in [0.4, 0.5) is 0 Å². The Bertz CT molecular complexity index is 1080. The molecule has 2 saturated heterocycles. The minimum atomic E-state index is -1.19. The van der Waals surface area contributed by atoms with Gasteiger partial charge in [0.2, 0.25) is 0 Å². The van der Waals surface area contributed by atoms with E-state index in [9.17, 15) is 19.8 Å². The maximum absolute atomic E-state index is 13.5. The predicted octanol–water partition coefficient (Wildman–Crippen LogP) is 3.26. The molecule has 0 bridgehead atoms. The Labute approximate surface area is 225 Å². The standard InChI is InChI=1S/C30H41N3O5/c1-22-6-5-7-25(23(22)2)28(36)33-16-4-3-11-30(29(37)38-21-27(35)26(34)10-17-33)12-18-32(19-13-30)20-24-8-14-31-15-9-24/h5-9,14-15,26-27,34-35H,3-4,10-13,16-21H2,1-2H3/t26-,27+/m0/s1. The Morgan fingerprint density at radius 2 is 1.74 bits per heavy atom. The lowest BCUT2D eigenvalue weighted by Gasteiger charge is -2.40. The Kier molecular flexibility index (Phi) is 9.52. The lowest BCUT2D eigenvalue weighted by atomic mass is 9.74. The molecule has 0 saturated carbocycles. The Balaban J connectivity index is 1.45. The van der Waals surface area contributed by atoms with Crippen LogP contribution < -0.4 is 0 Å². The van der Waals surface area contributed by atoms with Gasteiger partial charge in [0.15, 0.2) is 0 Å². The Morgan fingerprint density at radius 1 is 1.00 bits per heavy atom. The van der Waals surface area contributed by atoms with Crippen LogP contribution in [0.5, 0.6) is 0 Å². The van der Waals surface area contributed by atoms with Crippen molar-refractivity contribution in [3.8, 4) is 0 Å². The van der Waals surface area contributed by atoms with Gasteiger partial charge >= 0.3 is 5.97 Å². The molecule has 2 atom stereocenters. The fraction of sp³-hybridized carbons (Fsp3) is 0.567. The molecule has 0 aliphatic carbocycles. The van der Waals surface area contributed by atoms with Crippen molar-refractivity contribution in [2.75, 3.05) is 32.8 Å². The average molecular weight is 524 g/mol. The summed E-state index contributed by atoms with van der Waals surface area (Å²) < 4.78 is 5.60. The topological polar surface area (TPSA) is 103 Å². The van der Waals surface area contributed by atoms with Gasteiger partial charge < -0.3 is 19.8 Å². The SMILES string of the molecule is Cc1cccc(C(=O)N2CCCCC3(CCN(Cc4ccncc4)CC3)C(=O)OC[C@@H](O)[C@@H](O)CC2)c1C. The molecule has 1 aromatic heterocycles. The number of cyclic esters (lactones) is 1. The summed E-state index contributed by atoms with van der Waals surface area (Å²) in [6, 6.07) is 9.75. The number of aromatic nitrogens is 1. The Hall–Kier alpha value is -2.81. The van der Waals surface area contributed by atoms with E-state index in [0.717, 1.165) is 43.6 Å². The fourth-order valence-corrected chi connectivity index (χ4v) is 5.58. The first-order chi connectivity index (χ1) is 18.3. The van der Waals surface area contributed by atoms with Crippen molar-refractivity contribution in [2.45, 2.75) is 71.1 Å². The number of carbonyl (C=O) groups is 2. The highest BCUT2D eigenvalue weighted by atomic mass is 16.5. The molecule has 206 valence electrons. The average Bonchev–Trinajstić information content (AvgIpc) is 2.93. The van der Waals surface area contributed by atoms with Crippen molar-refractivity contribution in [2.24, 2.45) is 5.41 Å². The van der Waals surface area contributed by atoms with Gasteiger partial charge in [-0.25, -0.2) is 0 Å². The number of carbonyl (C=O) groups excluding carboxylic acids is 2. The molecule has 8 nitrogen and oxygen atoms in total. The monoisotopic (exact) mass is 523 g/mol. The van der Waals surface area contributed by atoms with E-state index in [1.165, 1.54) is 5.56 Å². The summed E-state index contributed by atoms with van der Waals surface area (Å²) in [5, 5.41) is 21.1. The number of hydrogen-bond acceptors (Lipinski definition) is 7. The number of likely N-dealkylation sites (tertiary alicyclic amines) is 1. The van der Waals surface area contributed by atoms with Crippen molar-refractivity contribution < 1.29 is 24.5 Å². The maximum Gasteiger partial charge on any atom is 0.312 e. The number of rotatable bonds is 3. The lowest BCUT2D eigenvalue weighted by Crippen LogP contribution is -2.45. The van der Waals surface area contributed by atoms with Gasteiger partial charge in [-0.05, 0) is 93.9 Å². The van der Waals surface area contributed by atoms with Crippen LogP contribution in [0.15, 0.2) is 42.7 Å². The van der Waals surface area contributed by atoms with Gasteiger partial charge in [0.25, 0.3) is 5.91 Å². The van der Waals surface area contributed by atoms with Crippen LogP contribution in [-0.2, 0) is 16.1 Å². The molecule has 0 unspecified atom stereocenters. The second kappa shape index (κ2) is 12.8. The fourth-order valence-electron chi connectivity index (χ4n) is 5.58. The number of piperidine rings is 1. The molecule has 3 heterocycles. The number of ether oxygens (including phenoxy) is 1. The number of pyridine rings is 1. The van der Waals surface area contributed by atoms with Crippen molar-refractivity contribution in [1.82, 2.24) is 14.8 Å². The van der Waals surface area contributed by atoms with Crippen LogP contribution in [0.1, 0.15) is 65.6 Å². The smallest absolute Gasteiger partial charge is 0.312 e. The van der Waals surface area contributed by atoms with Gasteiger partial charge in [-0.3, -0.25) is 19.5 Å². The molecule has 8 heteroatoms. The number of aliphatic hydroxyl groups excluding tert-OH is 2. The molecule has 2 fully saturated rings. The van der Waals surface area contributed by atoms with E-state index in [1.54, 1.807) is 17.3 Å². The molecular weight excluding hydrogens is 482 g/mol. The largest absolute Gasteiger partial charge is 0.462 e. The van der Waals surface area contributed by atoms with Gasteiger partial charge in [-0.2, -0.15) is 0 Å². The van der Waals surface area contributed by atoms with Crippen LogP contribution in [0, 0.1) is 19.3 Å². The van der Waals surface area contributed by atoms with Crippen LogP contribution in [0.3, 0.4) is 0 Å². The van der Waals surface area contributed by atoms with Crippen molar-refractivity contribution in [3.63, 3.8) is 0 Å². The number of esters is 1. The second-order valence-corrected chi connectivity index (χ2v) is 10.9. The summed E-state index contributed by atoms with van der Waals surface area (Å²) in [6.45, 7) is 6.93. The highest BCUT2D eigenvalue weighted by molar-refractivity contribution is 5.96. The van der Waals surface area contributed by atoms with Crippen LogP contribution >= 0.6 is 0 Å². The molecule has 1 amide bonds. The minimum absolute atomic E-state index is 0.0609. The molecule has 2 N–H and O–H groups in total. The van der Waals surface area contributed by atoms with Gasteiger partial charge in [-0.1, -0.05) is 18.6 Å². The first-order valence-electron chi connectivity index (χ1n) is 13.8. The van der Waals surface area contributed by atoms with Crippen LogP contribution in [0.2, 0.25) is 0 Å². The van der Waals surface area contributed by atoms with E-state index in [-0.39, 0.29) is 24.9 Å². The van der Waals surface area contributed by atoms with Gasteiger partial charge in [0.05, 0.1) is 11.5 Å². The first-order valence-corrected chi connectivity index (χ1v) is 13.8. The number of hydrogen-bond donors (Lipinski definition) is 2. The molecule has 2 aromatic rings. The van der Waals surface area contributed by atoms with Gasteiger partial charge in [0.1, 0.15) is 12.7 Å². The molecule has 38 heavy (non-hydrogen) atoms. The van der Waals surface area contributed by atoms with Crippen LogP contribution in [-0.4, -0.2) is 81.9 Å². The quantitative estimate of drug-likeness (QED) is 0.595. The first kappa shape index (κ1) is 28.2.